The minimum Gasteiger partial charge on any atom is -0.493 e. The number of unbranched alkanes of at least 4 members (excludes halogenated alkanes) is 31. The van der Waals surface area contributed by atoms with E-state index < -0.39 is 35.4 Å². The molecule has 26 heteroatoms. The van der Waals surface area contributed by atoms with E-state index in [-0.39, 0.29) is 116 Å². The first-order valence-corrected chi connectivity index (χ1v) is 42.4. The van der Waals surface area contributed by atoms with Gasteiger partial charge in [0, 0.05) is 49.2 Å². The second-order valence-corrected chi connectivity index (χ2v) is 29.2. The molecular formula is C89H123N15O11. The quantitative estimate of drug-likeness (QED) is 0.0164. The molecule has 7 aromatic rings. The third kappa shape index (κ3) is 36.5. The van der Waals surface area contributed by atoms with Gasteiger partial charge in [0.25, 0.3) is 35.4 Å². The predicted octanol–water partition coefficient (Wildman–Crippen LogP) is 20.9. The first-order chi connectivity index (χ1) is 56.1. The van der Waals surface area contributed by atoms with Crippen molar-refractivity contribution in [2.45, 2.75) is 279 Å². The molecule has 0 saturated carbocycles. The SMILES string of the molecule is CCCCCCCCCCOc1cc(C(=O)Nc2cccc(NC(=O)CCCCCCCC)n2)nc(C(=O)Nc2cccc(NC(=O)c3cc(OCCCCCCCCCC)cc(C(=O)Nc4cccc(NC(=O)c5cc(OCCCCCCCCCC)cc(C(=O)Nc6cccc(NC(=O)CCCCCCCC)n6)n5)n4)n3)n2)c1. The molecule has 0 bridgehead atoms. The van der Waals surface area contributed by atoms with Crippen LogP contribution in [-0.2, 0) is 9.59 Å². The fourth-order valence-electron chi connectivity index (χ4n) is 12.7. The Balaban J connectivity index is 1.05. The predicted molar refractivity (Wildman–Crippen MR) is 455 cm³/mol. The Kier molecular flexibility index (Phi) is 43.0. The van der Waals surface area contributed by atoms with E-state index in [2.05, 4.69) is 112 Å². The maximum absolute atomic E-state index is 14.4. The average Bonchev–Trinajstić information content (AvgIpc) is 0.849. The summed E-state index contributed by atoms with van der Waals surface area (Å²) in [7, 11) is 0. The molecule has 7 heterocycles. The van der Waals surface area contributed by atoms with Crippen molar-refractivity contribution in [3.8, 4) is 17.2 Å². The van der Waals surface area contributed by atoms with Gasteiger partial charge in [-0.2, -0.15) is 0 Å². The van der Waals surface area contributed by atoms with Gasteiger partial charge >= 0.3 is 0 Å². The highest BCUT2D eigenvalue weighted by atomic mass is 16.5. The molecule has 0 saturated heterocycles. The van der Waals surface area contributed by atoms with Crippen molar-refractivity contribution in [2.75, 3.05) is 62.4 Å². The van der Waals surface area contributed by atoms with Crippen LogP contribution >= 0.6 is 0 Å². The highest BCUT2D eigenvalue weighted by Gasteiger charge is 2.23. The largest absolute Gasteiger partial charge is 0.493 e. The van der Waals surface area contributed by atoms with Crippen molar-refractivity contribution in [3.05, 3.63) is 143 Å². The summed E-state index contributed by atoms with van der Waals surface area (Å²) in [6.07, 6.45) is 38.9. The average molecular weight is 1580 g/mol. The molecule has 115 heavy (non-hydrogen) atoms. The lowest BCUT2D eigenvalue weighted by molar-refractivity contribution is -0.117. The zero-order valence-corrected chi connectivity index (χ0v) is 68.5. The molecule has 0 aromatic carbocycles. The van der Waals surface area contributed by atoms with Gasteiger partial charge < -0.3 is 56.7 Å². The van der Waals surface area contributed by atoms with Crippen molar-refractivity contribution < 1.29 is 52.6 Å². The number of hydrogen-bond acceptors (Lipinski definition) is 18. The standard InChI is InChI=1S/C89H123N15O11/c1-6-11-16-21-26-29-34-39-56-113-65-59-68(84(107)99-76-48-42-46-74(93-76)97-82(105)54-37-32-24-19-14-9-4)90-70(61-65)86(109)101-78-50-44-52-80(95-78)103-88(111)72-63-67(115-58-41-36-31-28-23-18-13-8-3)64-73(92-72)89(112)104-81-53-45-51-79(96-81)102-87(110)71-62-66(114-57-40-35-30-27-22-17-12-7-2)60-69(91-71)85(108)100-77-49-43-47-75(94-77)98-83(106)55-38-33-25-20-15-10-5/h42-53,59-64H,6-41,54-58H2,1-5H3,(H2,93,97,99,105,107)(H2,94,98,100,106,108)(H2,95,101,103,109,111)(H2,96,102,104,110,112). The number of amides is 8. The molecule has 8 amide bonds. The molecule has 0 aliphatic rings. The minimum atomic E-state index is -0.776. The summed E-state index contributed by atoms with van der Waals surface area (Å²) >= 11 is 0. The third-order valence-electron chi connectivity index (χ3n) is 19.1. The number of anilines is 8. The molecule has 0 spiro atoms. The Morgan fingerprint density at radius 2 is 0.400 bits per heavy atom. The second-order valence-electron chi connectivity index (χ2n) is 29.2. The van der Waals surface area contributed by atoms with Crippen molar-refractivity contribution in [2.24, 2.45) is 0 Å². The molecule has 8 N–H and O–H groups in total. The summed E-state index contributed by atoms with van der Waals surface area (Å²) in [5.74, 6) is -3.28. The summed E-state index contributed by atoms with van der Waals surface area (Å²) in [6.45, 7) is 11.8. The Hall–Kier alpha value is -10.8. The fraction of sp³-hybridized carbons (Fsp3) is 0.517. The number of nitrogens with zero attached hydrogens (tertiary/aromatic N) is 7. The van der Waals surface area contributed by atoms with E-state index in [1.165, 1.54) is 138 Å². The number of nitrogens with one attached hydrogen (secondary N) is 8. The van der Waals surface area contributed by atoms with Crippen molar-refractivity contribution in [1.29, 1.82) is 0 Å². The molecule has 0 fully saturated rings. The Bertz CT molecular complexity index is 3910. The maximum atomic E-state index is 14.4. The fourth-order valence-corrected chi connectivity index (χ4v) is 12.7. The van der Waals surface area contributed by atoms with E-state index in [0.717, 1.165) is 148 Å². The smallest absolute Gasteiger partial charge is 0.275 e. The lowest BCUT2D eigenvalue weighted by Crippen LogP contribution is -2.21. The van der Waals surface area contributed by atoms with Gasteiger partial charge in [-0.25, -0.2) is 34.9 Å². The molecule has 7 aromatic heterocycles. The zero-order chi connectivity index (χ0) is 81.9. The van der Waals surface area contributed by atoms with Crippen LogP contribution in [-0.4, -0.2) is 102 Å². The van der Waals surface area contributed by atoms with Gasteiger partial charge in [0.2, 0.25) is 11.8 Å². The molecule has 26 nitrogen and oxygen atoms in total. The van der Waals surface area contributed by atoms with Crippen LogP contribution in [0.15, 0.2) is 109 Å². The summed E-state index contributed by atoms with van der Waals surface area (Å²) in [5, 5.41) is 22.1. The van der Waals surface area contributed by atoms with Gasteiger partial charge in [-0.15, -0.1) is 0 Å². The monoisotopic (exact) mass is 1580 g/mol. The van der Waals surface area contributed by atoms with Gasteiger partial charge in [-0.3, -0.25) is 38.4 Å². The van der Waals surface area contributed by atoms with Crippen LogP contribution in [0.3, 0.4) is 0 Å². The molecule has 0 radical (unpaired) electrons. The van der Waals surface area contributed by atoms with Crippen molar-refractivity contribution in [1.82, 2.24) is 34.9 Å². The molecule has 0 unspecified atom stereocenters. The molecular weight excluding hydrogens is 1460 g/mol. The Morgan fingerprint density at radius 1 is 0.226 bits per heavy atom. The summed E-state index contributed by atoms with van der Waals surface area (Å²) in [5.41, 5.74) is -1.06. The van der Waals surface area contributed by atoms with E-state index in [9.17, 15) is 38.4 Å². The highest BCUT2D eigenvalue weighted by Crippen LogP contribution is 2.26. The number of rotatable bonds is 58. The molecule has 0 aliphatic carbocycles. The van der Waals surface area contributed by atoms with E-state index in [1.807, 2.05) is 0 Å². The number of carbonyl (C=O) groups is 8. The zero-order valence-electron chi connectivity index (χ0n) is 68.5. The van der Waals surface area contributed by atoms with E-state index in [0.29, 0.717) is 32.5 Å². The third-order valence-corrected chi connectivity index (χ3v) is 19.1. The molecule has 0 atom stereocenters. The van der Waals surface area contributed by atoms with Crippen LogP contribution in [0.1, 0.15) is 342 Å². The number of pyridine rings is 7. The van der Waals surface area contributed by atoms with Gasteiger partial charge in [-0.1, -0.05) is 258 Å². The van der Waals surface area contributed by atoms with Crippen molar-refractivity contribution >= 4 is 93.8 Å². The molecule has 620 valence electrons. The van der Waals surface area contributed by atoms with E-state index >= 15 is 0 Å². The Labute approximate surface area is 679 Å². The lowest BCUT2D eigenvalue weighted by Gasteiger charge is -2.13. The summed E-state index contributed by atoms with van der Waals surface area (Å²) < 4.78 is 18.5. The lowest BCUT2D eigenvalue weighted by atomic mass is 10.1. The maximum Gasteiger partial charge on any atom is 0.275 e. The highest BCUT2D eigenvalue weighted by molar-refractivity contribution is 6.09. The van der Waals surface area contributed by atoms with Crippen LogP contribution in [0.25, 0.3) is 0 Å². The normalized spacial score (nSPS) is 11.0. The van der Waals surface area contributed by atoms with Gasteiger partial charge in [0.15, 0.2) is 0 Å². The molecule has 7 rings (SSSR count). The van der Waals surface area contributed by atoms with E-state index in [1.54, 1.807) is 48.5 Å². The topological polar surface area (TPSA) is 351 Å². The van der Waals surface area contributed by atoms with Crippen LogP contribution in [0.5, 0.6) is 17.2 Å². The minimum absolute atomic E-state index is 0.000272. The Morgan fingerprint density at radius 3 is 0.600 bits per heavy atom. The van der Waals surface area contributed by atoms with Crippen LogP contribution in [0.2, 0.25) is 0 Å². The first-order valence-electron chi connectivity index (χ1n) is 42.4. The number of carbonyl (C=O) groups excluding carboxylic acids is 8. The van der Waals surface area contributed by atoms with Gasteiger partial charge in [0.1, 0.15) is 98.0 Å². The van der Waals surface area contributed by atoms with E-state index in [4.69, 9.17) is 14.2 Å². The first kappa shape index (κ1) is 91.4. The summed E-state index contributed by atoms with van der Waals surface area (Å²) in [6, 6.07) is 27.5. The van der Waals surface area contributed by atoms with Crippen LogP contribution in [0.4, 0.5) is 46.5 Å². The van der Waals surface area contributed by atoms with Gasteiger partial charge in [-0.05, 0) is 80.6 Å². The summed E-state index contributed by atoms with van der Waals surface area (Å²) in [4.78, 5) is 142. The van der Waals surface area contributed by atoms with Gasteiger partial charge in [0.05, 0.1) is 19.8 Å². The number of aromatic nitrogens is 7. The van der Waals surface area contributed by atoms with Crippen LogP contribution in [0, 0.1) is 0 Å². The van der Waals surface area contributed by atoms with Crippen molar-refractivity contribution in [3.63, 3.8) is 0 Å². The number of ether oxygens (including phenoxy) is 3. The molecule has 0 aliphatic heterocycles. The number of hydrogen-bond donors (Lipinski definition) is 8. The van der Waals surface area contributed by atoms with Crippen LogP contribution < -0.4 is 56.7 Å². The second kappa shape index (κ2) is 54.1.